The van der Waals surface area contributed by atoms with E-state index in [4.69, 9.17) is 4.74 Å². The lowest BCUT2D eigenvalue weighted by Gasteiger charge is -2.27. The van der Waals surface area contributed by atoms with Crippen LogP contribution in [0.2, 0.25) is 0 Å². The number of rotatable bonds is 19. The summed E-state index contributed by atoms with van der Waals surface area (Å²) >= 11 is 0. The van der Waals surface area contributed by atoms with Crippen LogP contribution in [-0.2, 0) is 9.53 Å². The predicted molar refractivity (Wildman–Crippen MR) is 136 cm³/mol. The number of ether oxygens (including phenoxy) is 1. The molecule has 0 radical (unpaired) electrons. The first-order chi connectivity index (χ1) is 15.8. The highest BCUT2D eigenvalue weighted by Gasteiger charge is 2.34. The summed E-state index contributed by atoms with van der Waals surface area (Å²) in [5.74, 6) is 0.311. The second-order valence-electron chi connectivity index (χ2n) is 9.99. The molecular weight excluding hydrogens is 396 g/mol. The Hall–Kier alpha value is -0.870. The van der Waals surface area contributed by atoms with Crippen molar-refractivity contribution in [3.8, 4) is 0 Å². The number of likely N-dealkylation sites (tertiary alicyclic amines) is 1. The molecule has 4 heteroatoms. The van der Waals surface area contributed by atoms with E-state index >= 15 is 0 Å². The Morgan fingerprint density at radius 2 is 1.53 bits per heavy atom. The molecule has 0 spiro atoms. The first-order valence-electron chi connectivity index (χ1n) is 14.1. The average molecular weight is 449 g/mol. The van der Waals surface area contributed by atoms with Crippen LogP contribution in [0.25, 0.3) is 0 Å². The number of carbonyl (C=O) groups is 1. The average Bonchev–Trinajstić information content (AvgIpc) is 3.50. The highest BCUT2D eigenvalue weighted by atomic mass is 16.5. The van der Waals surface area contributed by atoms with Crippen molar-refractivity contribution >= 4 is 5.91 Å². The Labute approximate surface area is 198 Å². The summed E-state index contributed by atoms with van der Waals surface area (Å²) in [7, 11) is 0. The van der Waals surface area contributed by atoms with E-state index in [1.807, 2.05) is 0 Å². The maximum absolute atomic E-state index is 12.7. The molecule has 2 atom stereocenters. The standard InChI is InChI=1S/C28H52N2O2/c1-2-3-4-5-6-7-8-9-10-11-12-13-14-15-16-17-24-32-25-26-20-19-23-30(26)28(31)27-21-18-22-29-27/h9-10,26-27,29H,2-8,11-25H2,1H3/b10-9-/t26-,27-/m0/s1. The minimum absolute atomic E-state index is 0.0615. The number of hydrogen-bond donors (Lipinski definition) is 1. The predicted octanol–water partition coefficient (Wildman–Crippen LogP) is 6.78. The number of nitrogens with zero attached hydrogens (tertiary/aromatic N) is 1. The zero-order valence-corrected chi connectivity index (χ0v) is 21.1. The minimum atomic E-state index is 0.0615. The van der Waals surface area contributed by atoms with Crippen LogP contribution in [0.3, 0.4) is 0 Å². The van der Waals surface area contributed by atoms with Crippen molar-refractivity contribution < 1.29 is 9.53 Å². The van der Waals surface area contributed by atoms with E-state index in [1.54, 1.807) is 0 Å². The van der Waals surface area contributed by atoms with Crippen molar-refractivity contribution in [3.05, 3.63) is 12.2 Å². The Bertz CT molecular complexity index is 488. The van der Waals surface area contributed by atoms with Gasteiger partial charge >= 0.3 is 0 Å². The largest absolute Gasteiger partial charge is 0.379 e. The topological polar surface area (TPSA) is 41.6 Å². The molecule has 1 N–H and O–H groups in total. The van der Waals surface area contributed by atoms with Gasteiger partial charge in [0.15, 0.2) is 0 Å². The second-order valence-corrected chi connectivity index (χ2v) is 9.99. The molecule has 2 aliphatic heterocycles. The maximum atomic E-state index is 12.7. The van der Waals surface area contributed by atoms with Gasteiger partial charge < -0.3 is 15.0 Å². The van der Waals surface area contributed by atoms with E-state index in [0.29, 0.717) is 11.9 Å². The summed E-state index contributed by atoms with van der Waals surface area (Å²) in [5, 5.41) is 3.35. The summed E-state index contributed by atoms with van der Waals surface area (Å²) in [4.78, 5) is 14.7. The molecule has 1 amide bonds. The van der Waals surface area contributed by atoms with Gasteiger partial charge in [-0.05, 0) is 64.3 Å². The highest BCUT2D eigenvalue weighted by molar-refractivity contribution is 5.82. The van der Waals surface area contributed by atoms with Gasteiger partial charge in [0, 0.05) is 13.2 Å². The van der Waals surface area contributed by atoms with E-state index in [2.05, 4.69) is 29.3 Å². The van der Waals surface area contributed by atoms with Crippen LogP contribution in [0.5, 0.6) is 0 Å². The van der Waals surface area contributed by atoms with Gasteiger partial charge in [0.1, 0.15) is 0 Å². The first kappa shape index (κ1) is 27.4. The van der Waals surface area contributed by atoms with Crippen molar-refractivity contribution in [2.75, 3.05) is 26.3 Å². The van der Waals surface area contributed by atoms with Crippen LogP contribution >= 0.6 is 0 Å². The van der Waals surface area contributed by atoms with Crippen molar-refractivity contribution in [2.24, 2.45) is 0 Å². The van der Waals surface area contributed by atoms with Crippen LogP contribution in [0.15, 0.2) is 12.2 Å². The fourth-order valence-corrected chi connectivity index (χ4v) is 5.07. The Morgan fingerprint density at radius 3 is 2.19 bits per heavy atom. The number of unbranched alkanes of at least 4 members (excludes halogenated alkanes) is 12. The number of hydrogen-bond acceptors (Lipinski definition) is 3. The van der Waals surface area contributed by atoms with Crippen LogP contribution in [-0.4, -0.2) is 49.2 Å². The number of allylic oxidation sites excluding steroid dienone is 2. The molecule has 0 saturated carbocycles. The normalized spacial score (nSPS) is 21.2. The van der Waals surface area contributed by atoms with Gasteiger partial charge in [-0.15, -0.1) is 0 Å². The minimum Gasteiger partial charge on any atom is -0.379 e. The van der Waals surface area contributed by atoms with Crippen molar-refractivity contribution in [2.45, 2.75) is 135 Å². The molecule has 0 aliphatic carbocycles. The van der Waals surface area contributed by atoms with Gasteiger partial charge in [0.25, 0.3) is 0 Å². The summed E-state index contributed by atoms with van der Waals surface area (Å²) < 4.78 is 5.96. The Balaban J connectivity index is 1.34. The number of carbonyl (C=O) groups excluding carboxylic acids is 1. The van der Waals surface area contributed by atoms with E-state index in [-0.39, 0.29) is 6.04 Å². The molecule has 32 heavy (non-hydrogen) atoms. The van der Waals surface area contributed by atoms with Crippen LogP contribution < -0.4 is 5.32 Å². The zero-order chi connectivity index (χ0) is 22.7. The zero-order valence-electron chi connectivity index (χ0n) is 21.1. The third-order valence-electron chi connectivity index (χ3n) is 7.13. The van der Waals surface area contributed by atoms with Crippen molar-refractivity contribution in [3.63, 3.8) is 0 Å². The SMILES string of the molecule is CCCCCCCC/C=C\CCCCCCCCOC[C@@H]1CCCN1C(=O)[C@@H]1CCCN1. The highest BCUT2D eigenvalue weighted by Crippen LogP contribution is 2.21. The van der Waals surface area contributed by atoms with E-state index in [1.165, 1.54) is 83.5 Å². The molecule has 2 rings (SSSR count). The van der Waals surface area contributed by atoms with Gasteiger partial charge in [-0.25, -0.2) is 0 Å². The van der Waals surface area contributed by atoms with E-state index < -0.39 is 0 Å². The fraction of sp³-hybridized carbons (Fsp3) is 0.893. The van der Waals surface area contributed by atoms with Gasteiger partial charge in [-0.3, -0.25) is 4.79 Å². The summed E-state index contributed by atoms with van der Waals surface area (Å²) in [6, 6.07) is 0.366. The van der Waals surface area contributed by atoms with Crippen LogP contribution in [0.1, 0.15) is 122 Å². The molecule has 0 unspecified atom stereocenters. The van der Waals surface area contributed by atoms with E-state index in [9.17, 15) is 4.79 Å². The molecule has 0 aromatic carbocycles. The molecule has 4 nitrogen and oxygen atoms in total. The van der Waals surface area contributed by atoms with Gasteiger partial charge in [-0.1, -0.05) is 76.9 Å². The molecule has 0 bridgehead atoms. The lowest BCUT2D eigenvalue weighted by atomic mass is 10.1. The van der Waals surface area contributed by atoms with Gasteiger partial charge in [0.05, 0.1) is 18.7 Å². The summed E-state index contributed by atoms with van der Waals surface area (Å²) in [6.45, 7) is 5.76. The molecule has 2 aliphatic rings. The first-order valence-corrected chi connectivity index (χ1v) is 14.1. The number of amides is 1. The van der Waals surface area contributed by atoms with Crippen molar-refractivity contribution in [1.29, 1.82) is 0 Å². The second kappa shape index (κ2) is 18.5. The Kier molecular flexibility index (Phi) is 15.9. The lowest BCUT2D eigenvalue weighted by molar-refractivity contribution is -0.135. The van der Waals surface area contributed by atoms with E-state index in [0.717, 1.165) is 58.4 Å². The monoisotopic (exact) mass is 448 g/mol. The quantitative estimate of drug-likeness (QED) is 0.175. The molecule has 2 saturated heterocycles. The molecule has 0 aromatic rings. The molecule has 186 valence electrons. The molecule has 2 fully saturated rings. The van der Waals surface area contributed by atoms with Crippen molar-refractivity contribution in [1.82, 2.24) is 10.2 Å². The van der Waals surface area contributed by atoms with Crippen LogP contribution in [0, 0.1) is 0 Å². The van der Waals surface area contributed by atoms with Crippen LogP contribution in [0.4, 0.5) is 0 Å². The summed E-state index contributed by atoms with van der Waals surface area (Å²) in [5.41, 5.74) is 0. The molecule has 2 heterocycles. The molecular formula is C28H52N2O2. The Morgan fingerprint density at radius 1 is 0.875 bits per heavy atom. The maximum Gasteiger partial charge on any atom is 0.240 e. The third-order valence-corrected chi connectivity index (χ3v) is 7.13. The fourth-order valence-electron chi connectivity index (χ4n) is 5.07. The molecule has 0 aromatic heterocycles. The smallest absolute Gasteiger partial charge is 0.240 e. The third kappa shape index (κ3) is 11.8. The summed E-state index contributed by atoms with van der Waals surface area (Å²) in [6.07, 6.45) is 27.9. The number of nitrogens with one attached hydrogen (secondary N) is 1. The van der Waals surface area contributed by atoms with Gasteiger partial charge in [-0.2, -0.15) is 0 Å². The van der Waals surface area contributed by atoms with Gasteiger partial charge in [0.2, 0.25) is 5.91 Å². The lowest BCUT2D eigenvalue weighted by Crippen LogP contribution is -2.47.